The number of benzene rings is 1. The zero-order valence-electron chi connectivity index (χ0n) is 14.6. The number of hydrazine groups is 1. The zero-order valence-corrected chi connectivity index (χ0v) is 15.4. The molecular weight excluding hydrogens is 355 g/mol. The van der Waals surface area contributed by atoms with E-state index in [1.165, 1.54) is 37.8 Å². The minimum Gasteiger partial charge on any atom is -0.324 e. The Bertz CT molecular complexity index is 746. The third-order valence-electron chi connectivity index (χ3n) is 7.06. The Morgan fingerprint density at radius 3 is 2.96 bits per heavy atom. The third kappa shape index (κ3) is 2.62. The van der Waals surface area contributed by atoms with Crippen molar-refractivity contribution in [2.24, 2.45) is 17.3 Å². The highest BCUT2D eigenvalue weighted by molar-refractivity contribution is 6.31. The average Bonchev–Trinajstić information content (AvgIpc) is 3.00. The van der Waals surface area contributed by atoms with Crippen molar-refractivity contribution in [1.29, 1.82) is 0 Å². The molecule has 5 rings (SSSR count). The number of halogens is 2. The molecule has 5 nitrogen and oxygen atoms in total. The van der Waals surface area contributed by atoms with Crippen molar-refractivity contribution >= 4 is 23.3 Å². The van der Waals surface area contributed by atoms with Crippen molar-refractivity contribution < 1.29 is 9.18 Å². The van der Waals surface area contributed by atoms with Crippen LogP contribution < -0.4 is 16.2 Å². The monoisotopic (exact) mass is 378 g/mol. The maximum absolute atomic E-state index is 13.3. The summed E-state index contributed by atoms with van der Waals surface area (Å²) in [7, 11) is 0. The summed E-state index contributed by atoms with van der Waals surface area (Å²) in [4.78, 5) is 14.6. The summed E-state index contributed by atoms with van der Waals surface area (Å²) in [6.07, 6.45) is 6.32. The molecular formula is C19H24ClFN4O. The number of urea groups is 1. The molecule has 2 aliphatic carbocycles. The van der Waals surface area contributed by atoms with Gasteiger partial charge in [-0.05, 0) is 55.2 Å². The molecule has 0 spiro atoms. The van der Waals surface area contributed by atoms with Crippen LogP contribution in [0.5, 0.6) is 0 Å². The maximum atomic E-state index is 13.3. The van der Waals surface area contributed by atoms with E-state index < -0.39 is 5.82 Å². The molecule has 5 unspecified atom stereocenters. The Labute approximate surface area is 157 Å². The number of amides is 2. The Hall–Kier alpha value is -1.37. The maximum Gasteiger partial charge on any atom is 0.321 e. The second-order valence-corrected chi connectivity index (χ2v) is 8.76. The van der Waals surface area contributed by atoms with E-state index in [1.54, 1.807) is 6.07 Å². The Morgan fingerprint density at radius 1 is 1.35 bits per heavy atom. The number of hydrogen-bond acceptors (Lipinski definition) is 3. The van der Waals surface area contributed by atoms with E-state index in [1.807, 2.05) is 4.90 Å². The van der Waals surface area contributed by atoms with Crippen LogP contribution in [0.1, 0.15) is 32.1 Å². The van der Waals surface area contributed by atoms with Crippen LogP contribution in [0.2, 0.25) is 5.02 Å². The number of nitrogens with zero attached hydrogens (tertiary/aromatic N) is 1. The van der Waals surface area contributed by atoms with Crippen molar-refractivity contribution in [2.75, 3.05) is 18.4 Å². The number of likely N-dealkylation sites (tertiary alicyclic amines) is 1. The van der Waals surface area contributed by atoms with Crippen LogP contribution in [-0.2, 0) is 0 Å². The Balaban J connectivity index is 1.27. The summed E-state index contributed by atoms with van der Waals surface area (Å²) in [5.74, 6) is 0.853. The number of nitrogens with one attached hydrogen (secondary N) is 3. The van der Waals surface area contributed by atoms with Gasteiger partial charge in [0.25, 0.3) is 0 Å². The first kappa shape index (κ1) is 16.8. The lowest BCUT2D eigenvalue weighted by Crippen LogP contribution is -2.51. The first-order valence-electron chi connectivity index (χ1n) is 9.59. The number of anilines is 1. The van der Waals surface area contributed by atoms with Crippen LogP contribution in [-0.4, -0.2) is 36.1 Å². The van der Waals surface area contributed by atoms with Crippen LogP contribution in [0.4, 0.5) is 14.9 Å². The number of rotatable bonds is 2. The van der Waals surface area contributed by atoms with Crippen LogP contribution >= 0.6 is 11.6 Å². The number of piperidine rings is 1. The summed E-state index contributed by atoms with van der Waals surface area (Å²) in [5, 5.41) is 2.88. The molecule has 2 saturated heterocycles. The summed E-state index contributed by atoms with van der Waals surface area (Å²) in [6.45, 7) is 1.48. The number of fused-ring (bicyclic) bond motifs is 2. The largest absolute Gasteiger partial charge is 0.324 e. The predicted octanol–water partition coefficient (Wildman–Crippen LogP) is 3.37. The minimum absolute atomic E-state index is 0.0193. The SMILES string of the molecule is O=C(Nc1ccc(F)c(Cl)c1)N1CCC2NNC(C34CCCC3C4)C2C1. The fraction of sp³-hybridized carbons (Fsp3) is 0.632. The summed E-state index contributed by atoms with van der Waals surface area (Å²) < 4.78 is 13.3. The number of carbonyl (C=O) groups excluding carboxylic acids is 1. The molecule has 4 fully saturated rings. The molecule has 4 aliphatic rings. The molecule has 2 heterocycles. The van der Waals surface area contributed by atoms with Gasteiger partial charge >= 0.3 is 6.03 Å². The van der Waals surface area contributed by atoms with Crippen molar-refractivity contribution in [2.45, 2.75) is 44.2 Å². The van der Waals surface area contributed by atoms with E-state index in [-0.39, 0.29) is 11.1 Å². The third-order valence-corrected chi connectivity index (χ3v) is 7.35. The lowest BCUT2D eigenvalue weighted by molar-refractivity contribution is 0.150. The number of carbonyl (C=O) groups is 1. The van der Waals surface area contributed by atoms with Gasteiger partial charge in [-0.2, -0.15) is 0 Å². The van der Waals surface area contributed by atoms with Gasteiger partial charge in [-0.25, -0.2) is 9.18 Å². The molecule has 5 atom stereocenters. The standard InChI is InChI=1S/C19H24ClFN4O/c20-14-8-12(3-4-15(14)21)22-18(26)25-7-5-16-13(10-25)17(24-23-16)19-6-1-2-11(19)9-19/h3-4,8,11,13,16-17,23-24H,1-2,5-7,9-10H2,(H,22,26). The highest BCUT2D eigenvalue weighted by Crippen LogP contribution is 2.67. The predicted molar refractivity (Wildman–Crippen MR) is 98.3 cm³/mol. The van der Waals surface area contributed by atoms with E-state index in [9.17, 15) is 9.18 Å². The Kier molecular flexibility index (Phi) is 3.92. The molecule has 2 saturated carbocycles. The van der Waals surface area contributed by atoms with Gasteiger partial charge in [0.05, 0.1) is 5.02 Å². The first-order chi connectivity index (χ1) is 12.6. The highest BCUT2D eigenvalue weighted by Gasteiger charge is 2.64. The van der Waals surface area contributed by atoms with Gasteiger partial charge in [0.1, 0.15) is 5.82 Å². The second kappa shape index (κ2) is 6.08. The highest BCUT2D eigenvalue weighted by atomic mass is 35.5. The van der Waals surface area contributed by atoms with Gasteiger partial charge in [0.2, 0.25) is 0 Å². The molecule has 7 heteroatoms. The van der Waals surface area contributed by atoms with E-state index >= 15 is 0 Å². The van der Waals surface area contributed by atoms with Gasteiger partial charge in [0.15, 0.2) is 0 Å². The fourth-order valence-electron chi connectivity index (χ4n) is 5.64. The van der Waals surface area contributed by atoms with Crippen molar-refractivity contribution in [3.05, 3.63) is 29.0 Å². The first-order valence-corrected chi connectivity index (χ1v) is 9.97. The van der Waals surface area contributed by atoms with Gasteiger partial charge in [-0.3, -0.25) is 10.9 Å². The molecule has 2 amide bonds. The zero-order chi connectivity index (χ0) is 17.9. The molecule has 140 valence electrons. The van der Waals surface area contributed by atoms with E-state index in [4.69, 9.17) is 11.6 Å². The van der Waals surface area contributed by atoms with Crippen molar-refractivity contribution in [3.8, 4) is 0 Å². The van der Waals surface area contributed by atoms with Gasteiger partial charge in [-0.1, -0.05) is 18.0 Å². The minimum atomic E-state index is -0.480. The quantitative estimate of drug-likeness (QED) is 0.739. The van der Waals surface area contributed by atoms with Crippen molar-refractivity contribution in [1.82, 2.24) is 15.8 Å². The van der Waals surface area contributed by atoms with Crippen LogP contribution in [0, 0.1) is 23.1 Å². The normalized spacial score (nSPS) is 38.0. The van der Waals surface area contributed by atoms with Crippen LogP contribution in [0.25, 0.3) is 0 Å². The smallest absolute Gasteiger partial charge is 0.321 e. The van der Waals surface area contributed by atoms with Crippen molar-refractivity contribution in [3.63, 3.8) is 0 Å². The van der Waals surface area contributed by atoms with Gasteiger partial charge in [0, 0.05) is 36.8 Å². The summed E-state index contributed by atoms with van der Waals surface area (Å²) in [5.41, 5.74) is 8.07. The van der Waals surface area contributed by atoms with E-state index in [0.29, 0.717) is 29.1 Å². The molecule has 1 aromatic carbocycles. The topological polar surface area (TPSA) is 56.4 Å². The molecule has 2 aliphatic heterocycles. The van der Waals surface area contributed by atoms with Gasteiger partial charge < -0.3 is 10.2 Å². The lowest BCUT2D eigenvalue weighted by Gasteiger charge is -2.38. The van der Waals surface area contributed by atoms with Crippen LogP contribution in [0.15, 0.2) is 18.2 Å². The number of hydrogen-bond donors (Lipinski definition) is 3. The fourth-order valence-corrected chi connectivity index (χ4v) is 5.82. The summed E-state index contributed by atoms with van der Waals surface area (Å²) in [6, 6.07) is 5.05. The molecule has 3 N–H and O–H groups in total. The lowest BCUT2D eigenvalue weighted by atomic mass is 9.79. The average molecular weight is 379 g/mol. The summed E-state index contributed by atoms with van der Waals surface area (Å²) >= 11 is 5.81. The van der Waals surface area contributed by atoms with Crippen LogP contribution in [0.3, 0.4) is 0 Å². The van der Waals surface area contributed by atoms with Gasteiger partial charge in [-0.15, -0.1) is 0 Å². The second-order valence-electron chi connectivity index (χ2n) is 8.36. The molecule has 0 radical (unpaired) electrons. The molecule has 0 bridgehead atoms. The molecule has 1 aromatic rings. The molecule has 26 heavy (non-hydrogen) atoms. The Morgan fingerprint density at radius 2 is 2.23 bits per heavy atom. The van der Waals surface area contributed by atoms with E-state index in [0.717, 1.165) is 25.4 Å². The van der Waals surface area contributed by atoms with E-state index in [2.05, 4.69) is 16.2 Å². The molecule has 0 aromatic heterocycles.